The van der Waals surface area contributed by atoms with Crippen LogP contribution < -0.4 is 0 Å². The molecule has 0 aromatic carbocycles. The van der Waals surface area contributed by atoms with Gasteiger partial charge in [0.1, 0.15) is 0 Å². The zero-order valence-corrected chi connectivity index (χ0v) is 5.34. The standard InChI is InChI=1S/C4H12N.H2O2/c1-5(2,3)4;1-2/h1-4H3;1-2H/q+1;. The lowest BCUT2D eigenvalue weighted by molar-refractivity contribution is -0.849. The number of hydrogen-bond acceptors (Lipinski definition) is 2. The highest BCUT2D eigenvalue weighted by Gasteiger charge is 1.88. The van der Waals surface area contributed by atoms with Crippen LogP contribution in [0, 0.1) is 0 Å². The molecular formula is C4H14NO2+. The lowest BCUT2D eigenvalue weighted by Gasteiger charge is -2.14. The molecule has 0 radical (unpaired) electrons. The van der Waals surface area contributed by atoms with Crippen molar-refractivity contribution in [1.82, 2.24) is 0 Å². The molecule has 3 nitrogen and oxygen atoms in total. The molecule has 0 bridgehead atoms. The molecule has 0 unspecified atom stereocenters. The van der Waals surface area contributed by atoms with Crippen LogP contribution in [0.3, 0.4) is 0 Å². The van der Waals surface area contributed by atoms with Crippen molar-refractivity contribution < 1.29 is 15.0 Å². The first-order valence-corrected chi connectivity index (χ1v) is 1.99. The second-order valence-electron chi connectivity index (χ2n) is 2.68. The maximum Gasteiger partial charge on any atom is 0.0675 e. The predicted molar refractivity (Wildman–Crippen MR) is 29.2 cm³/mol. The van der Waals surface area contributed by atoms with Gasteiger partial charge in [-0.05, 0) is 0 Å². The maximum atomic E-state index is 6.00. The van der Waals surface area contributed by atoms with Gasteiger partial charge in [-0.15, -0.1) is 0 Å². The van der Waals surface area contributed by atoms with Crippen molar-refractivity contribution in [3.05, 3.63) is 0 Å². The molecule has 0 heterocycles. The Morgan fingerprint density at radius 3 is 0.857 bits per heavy atom. The van der Waals surface area contributed by atoms with E-state index in [4.69, 9.17) is 10.5 Å². The van der Waals surface area contributed by atoms with Gasteiger partial charge in [0.15, 0.2) is 0 Å². The smallest absolute Gasteiger partial charge is 0.0675 e. The van der Waals surface area contributed by atoms with Crippen molar-refractivity contribution in [2.24, 2.45) is 0 Å². The van der Waals surface area contributed by atoms with Crippen molar-refractivity contribution in [3.8, 4) is 0 Å². The van der Waals surface area contributed by atoms with E-state index in [0.717, 1.165) is 4.48 Å². The number of rotatable bonds is 0. The fourth-order valence-electron chi connectivity index (χ4n) is 0. The molecule has 7 heavy (non-hydrogen) atoms. The van der Waals surface area contributed by atoms with Crippen molar-refractivity contribution in [2.45, 2.75) is 0 Å². The van der Waals surface area contributed by atoms with Crippen LogP contribution in [0.15, 0.2) is 0 Å². The largest absolute Gasteiger partial charge is 0.333 e. The van der Waals surface area contributed by atoms with E-state index >= 15 is 0 Å². The summed E-state index contributed by atoms with van der Waals surface area (Å²) in [5, 5.41) is 12.0. The summed E-state index contributed by atoms with van der Waals surface area (Å²) in [5.41, 5.74) is 0. The Bertz CT molecular complexity index is 25.2. The molecule has 46 valence electrons. The van der Waals surface area contributed by atoms with E-state index in [1.807, 2.05) is 0 Å². The van der Waals surface area contributed by atoms with E-state index in [-0.39, 0.29) is 0 Å². The van der Waals surface area contributed by atoms with E-state index in [1.54, 1.807) is 0 Å². The molecule has 0 aliphatic carbocycles. The number of nitrogens with zero attached hydrogens (tertiary/aromatic N) is 1. The lowest BCUT2D eigenvalue weighted by Crippen LogP contribution is -2.27. The number of hydrogen-bond donors (Lipinski definition) is 2. The molecule has 0 aliphatic heterocycles. The first-order chi connectivity index (χ1) is 3.00. The molecule has 0 saturated heterocycles. The predicted octanol–water partition coefficient (Wildman–Crippen LogP) is 0.340. The highest BCUT2D eigenvalue weighted by Crippen LogP contribution is 1.73. The second-order valence-corrected chi connectivity index (χ2v) is 2.68. The van der Waals surface area contributed by atoms with Gasteiger partial charge >= 0.3 is 0 Å². The normalized spacial score (nSPS) is 9.43. The summed E-state index contributed by atoms with van der Waals surface area (Å²) in [6.45, 7) is 0. The van der Waals surface area contributed by atoms with Crippen molar-refractivity contribution >= 4 is 0 Å². The van der Waals surface area contributed by atoms with E-state index < -0.39 is 0 Å². The molecule has 0 aromatic rings. The Morgan fingerprint density at radius 2 is 0.857 bits per heavy atom. The molecule has 0 rings (SSSR count). The molecule has 0 fully saturated rings. The Labute approximate surface area is 44.3 Å². The monoisotopic (exact) mass is 108 g/mol. The van der Waals surface area contributed by atoms with Crippen LogP contribution in [0.5, 0.6) is 0 Å². The average Bonchev–Trinajstić information content (AvgIpc) is 1.36. The molecule has 0 spiro atoms. The third-order valence-electron chi connectivity index (χ3n) is 0. The zero-order chi connectivity index (χ0) is 6.50. The summed E-state index contributed by atoms with van der Waals surface area (Å²) < 4.78 is 1.00. The van der Waals surface area contributed by atoms with Crippen LogP contribution in [-0.2, 0) is 0 Å². The third-order valence-corrected chi connectivity index (χ3v) is 0. The Morgan fingerprint density at radius 1 is 0.857 bits per heavy atom. The van der Waals surface area contributed by atoms with Crippen LogP contribution >= 0.6 is 0 Å². The highest BCUT2D eigenvalue weighted by atomic mass is 17.0. The van der Waals surface area contributed by atoms with Crippen LogP contribution in [0.2, 0.25) is 0 Å². The van der Waals surface area contributed by atoms with Gasteiger partial charge in [-0.25, -0.2) is 0 Å². The van der Waals surface area contributed by atoms with Gasteiger partial charge in [0.05, 0.1) is 28.2 Å². The van der Waals surface area contributed by atoms with Gasteiger partial charge < -0.3 is 4.48 Å². The van der Waals surface area contributed by atoms with Crippen LogP contribution in [0.1, 0.15) is 0 Å². The van der Waals surface area contributed by atoms with Crippen molar-refractivity contribution in [1.29, 1.82) is 0 Å². The minimum atomic E-state index is 1.00. The fourth-order valence-corrected chi connectivity index (χ4v) is 0. The molecule has 0 amide bonds. The zero-order valence-electron chi connectivity index (χ0n) is 5.34. The molecule has 2 N–H and O–H groups in total. The maximum absolute atomic E-state index is 6.00. The summed E-state index contributed by atoms with van der Waals surface area (Å²) in [6, 6.07) is 0. The molecule has 3 heteroatoms. The van der Waals surface area contributed by atoms with E-state index in [0.29, 0.717) is 0 Å². The van der Waals surface area contributed by atoms with Crippen molar-refractivity contribution in [3.63, 3.8) is 0 Å². The summed E-state index contributed by atoms with van der Waals surface area (Å²) in [5.74, 6) is 0. The lowest BCUT2D eigenvalue weighted by atomic mass is 10.8. The van der Waals surface area contributed by atoms with Gasteiger partial charge in [-0.2, -0.15) is 0 Å². The van der Waals surface area contributed by atoms with Gasteiger partial charge in [-0.3, -0.25) is 10.5 Å². The Hall–Kier alpha value is -0.120. The fraction of sp³-hybridized carbons (Fsp3) is 1.00. The Kier molecular flexibility index (Phi) is 5.78. The van der Waals surface area contributed by atoms with Gasteiger partial charge in [0, 0.05) is 0 Å². The minimum Gasteiger partial charge on any atom is -0.333 e. The topological polar surface area (TPSA) is 40.5 Å². The van der Waals surface area contributed by atoms with Crippen molar-refractivity contribution in [2.75, 3.05) is 28.2 Å². The molecule has 0 aliphatic rings. The van der Waals surface area contributed by atoms with Gasteiger partial charge in [0.25, 0.3) is 0 Å². The molecule has 0 saturated carbocycles. The number of quaternary nitrogens is 1. The second kappa shape index (κ2) is 4.05. The average molecular weight is 108 g/mol. The van der Waals surface area contributed by atoms with Gasteiger partial charge in [-0.1, -0.05) is 0 Å². The van der Waals surface area contributed by atoms with Crippen LogP contribution in [0.4, 0.5) is 0 Å². The summed E-state index contributed by atoms with van der Waals surface area (Å²) in [6.07, 6.45) is 0. The Balaban J connectivity index is 0. The minimum absolute atomic E-state index is 1.00. The van der Waals surface area contributed by atoms with Gasteiger partial charge in [0.2, 0.25) is 0 Å². The SMILES string of the molecule is C[N+](C)(C)C.OO. The first-order valence-electron chi connectivity index (χ1n) is 1.99. The summed E-state index contributed by atoms with van der Waals surface area (Å²) >= 11 is 0. The molecular weight excluding hydrogens is 94.0 g/mol. The van der Waals surface area contributed by atoms with Crippen LogP contribution in [-0.4, -0.2) is 43.2 Å². The molecule has 0 aromatic heterocycles. The summed E-state index contributed by atoms with van der Waals surface area (Å²) in [4.78, 5) is 0. The molecule has 0 atom stereocenters. The first kappa shape index (κ1) is 9.99. The summed E-state index contributed by atoms with van der Waals surface area (Å²) in [7, 11) is 8.50. The highest BCUT2D eigenvalue weighted by molar-refractivity contribution is 3.87. The quantitative estimate of drug-likeness (QED) is 0.267. The van der Waals surface area contributed by atoms with Crippen LogP contribution in [0.25, 0.3) is 0 Å². The third kappa shape index (κ3) is 6150. The van der Waals surface area contributed by atoms with E-state index in [1.165, 1.54) is 0 Å². The van der Waals surface area contributed by atoms with E-state index in [9.17, 15) is 0 Å². The van der Waals surface area contributed by atoms with E-state index in [2.05, 4.69) is 28.2 Å².